The van der Waals surface area contributed by atoms with E-state index in [4.69, 9.17) is 0 Å². The summed E-state index contributed by atoms with van der Waals surface area (Å²) < 4.78 is 0. The Kier molecular flexibility index (Phi) is 3.59. The molecule has 0 amide bonds. The molecule has 0 aliphatic rings. The normalized spacial score (nSPS) is 11.2. The smallest absolute Gasteiger partial charge is 0.0178 e. The summed E-state index contributed by atoms with van der Waals surface area (Å²) >= 11 is 0. The van der Waals surface area contributed by atoms with Crippen molar-refractivity contribution in [3.05, 3.63) is 42.0 Å². The maximum absolute atomic E-state index is 3.05. The SMILES string of the molecule is CC(C)CC=Cc1c[c]ccc1. The Hall–Kier alpha value is -1.04. The Balaban J connectivity index is 2.47. The molecular weight excluding hydrogens is 144 g/mol. The van der Waals surface area contributed by atoms with Gasteiger partial charge in [0.25, 0.3) is 0 Å². The van der Waals surface area contributed by atoms with Gasteiger partial charge in [0.15, 0.2) is 0 Å². The van der Waals surface area contributed by atoms with Crippen LogP contribution in [0.5, 0.6) is 0 Å². The summed E-state index contributed by atoms with van der Waals surface area (Å²) in [5, 5.41) is 0. The number of rotatable bonds is 3. The second-order valence-electron chi connectivity index (χ2n) is 3.37. The van der Waals surface area contributed by atoms with Crippen molar-refractivity contribution < 1.29 is 0 Å². The molecule has 0 saturated carbocycles. The lowest BCUT2D eigenvalue weighted by Crippen LogP contribution is -1.80. The number of hydrogen-bond donors (Lipinski definition) is 0. The van der Waals surface area contributed by atoms with Crippen molar-refractivity contribution in [2.24, 2.45) is 5.92 Å². The van der Waals surface area contributed by atoms with Gasteiger partial charge in [-0.15, -0.1) is 0 Å². The van der Waals surface area contributed by atoms with Gasteiger partial charge < -0.3 is 0 Å². The van der Waals surface area contributed by atoms with Crippen molar-refractivity contribution in [3.8, 4) is 0 Å². The first-order valence-corrected chi connectivity index (χ1v) is 4.41. The van der Waals surface area contributed by atoms with Gasteiger partial charge in [-0.25, -0.2) is 0 Å². The Morgan fingerprint density at radius 2 is 2.33 bits per heavy atom. The summed E-state index contributed by atoms with van der Waals surface area (Å²) in [6, 6.07) is 11.1. The van der Waals surface area contributed by atoms with Crippen molar-refractivity contribution in [1.82, 2.24) is 0 Å². The molecule has 1 aromatic rings. The molecule has 0 aliphatic heterocycles. The van der Waals surface area contributed by atoms with Gasteiger partial charge in [0, 0.05) is 0 Å². The van der Waals surface area contributed by atoms with Crippen molar-refractivity contribution in [3.63, 3.8) is 0 Å². The van der Waals surface area contributed by atoms with Gasteiger partial charge in [-0.1, -0.05) is 44.2 Å². The van der Waals surface area contributed by atoms with Gasteiger partial charge in [-0.05, 0) is 30.0 Å². The highest BCUT2D eigenvalue weighted by atomic mass is 13.9. The maximum atomic E-state index is 3.05. The molecule has 0 aromatic heterocycles. The van der Waals surface area contributed by atoms with E-state index in [9.17, 15) is 0 Å². The van der Waals surface area contributed by atoms with Crippen LogP contribution in [0.4, 0.5) is 0 Å². The highest BCUT2D eigenvalue weighted by molar-refractivity contribution is 5.48. The van der Waals surface area contributed by atoms with E-state index in [1.165, 1.54) is 5.56 Å². The molecule has 0 spiro atoms. The van der Waals surface area contributed by atoms with Gasteiger partial charge >= 0.3 is 0 Å². The zero-order chi connectivity index (χ0) is 8.81. The third-order valence-corrected chi connectivity index (χ3v) is 1.65. The molecular formula is C12H15. The van der Waals surface area contributed by atoms with E-state index in [2.05, 4.69) is 38.1 Å². The fraction of sp³-hybridized carbons (Fsp3) is 0.333. The van der Waals surface area contributed by atoms with Crippen LogP contribution in [0.2, 0.25) is 0 Å². The van der Waals surface area contributed by atoms with Crippen LogP contribution in [0, 0.1) is 12.0 Å². The fourth-order valence-corrected chi connectivity index (χ4v) is 0.987. The third-order valence-electron chi connectivity index (χ3n) is 1.65. The second kappa shape index (κ2) is 4.76. The number of allylic oxidation sites excluding steroid dienone is 1. The summed E-state index contributed by atoms with van der Waals surface area (Å²) in [5.74, 6) is 0.744. The first kappa shape index (κ1) is 9.05. The van der Waals surface area contributed by atoms with Crippen LogP contribution in [0.1, 0.15) is 25.8 Å². The van der Waals surface area contributed by atoms with E-state index in [0.29, 0.717) is 0 Å². The average molecular weight is 159 g/mol. The van der Waals surface area contributed by atoms with E-state index in [1.54, 1.807) is 0 Å². The van der Waals surface area contributed by atoms with E-state index in [0.717, 1.165) is 12.3 Å². The van der Waals surface area contributed by atoms with Crippen LogP contribution in [-0.2, 0) is 0 Å². The van der Waals surface area contributed by atoms with Crippen molar-refractivity contribution >= 4 is 6.08 Å². The Bertz CT molecular complexity index is 231. The molecule has 0 heteroatoms. The van der Waals surface area contributed by atoms with Crippen LogP contribution >= 0.6 is 0 Å². The molecule has 12 heavy (non-hydrogen) atoms. The lowest BCUT2D eigenvalue weighted by Gasteiger charge is -1.96. The van der Waals surface area contributed by atoms with E-state index in [1.807, 2.05) is 18.2 Å². The predicted molar refractivity (Wildman–Crippen MR) is 53.8 cm³/mol. The minimum Gasteiger partial charge on any atom is -0.0837 e. The minimum atomic E-state index is 0.744. The molecule has 0 atom stereocenters. The largest absolute Gasteiger partial charge is 0.0837 e. The molecule has 0 aliphatic carbocycles. The lowest BCUT2D eigenvalue weighted by molar-refractivity contribution is 0.665. The Labute approximate surface area is 74.9 Å². The van der Waals surface area contributed by atoms with Gasteiger partial charge in [0.2, 0.25) is 0 Å². The Morgan fingerprint density at radius 1 is 1.50 bits per heavy atom. The quantitative estimate of drug-likeness (QED) is 0.632. The second-order valence-corrected chi connectivity index (χ2v) is 3.37. The summed E-state index contributed by atoms with van der Waals surface area (Å²) in [7, 11) is 0. The molecule has 1 radical (unpaired) electrons. The fourth-order valence-electron chi connectivity index (χ4n) is 0.987. The molecule has 0 heterocycles. The highest BCUT2D eigenvalue weighted by Gasteiger charge is 1.87. The molecule has 0 unspecified atom stereocenters. The molecule has 0 N–H and O–H groups in total. The standard InChI is InChI=1S/C12H15/c1-11(2)7-6-10-12-8-4-3-5-9-12/h3-4,6,8-11H,7H2,1-2H3. The number of benzene rings is 1. The molecule has 0 nitrogen and oxygen atoms in total. The van der Waals surface area contributed by atoms with Crippen molar-refractivity contribution in [2.75, 3.05) is 0 Å². The van der Waals surface area contributed by atoms with Crippen LogP contribution in [-0.4, -0.2) is 0 Å². The Morgan fingerprint density at radius 3 is 2.92 bits per heavy atom. The molecule has 0 saturated heterocycles. The minimum absolute atomic E-state index is 0.744. The van der Waals surface area contributed by atoms with Gasteiger partial charge in [0.1, 0.15) is 0 Å². The molecule has 63 valence electrons. The molecule has 0 fully saturated rings. The highest BCUT2D eigenvalue weighted by Crippen LogP contribution is 2.05. The zero-order valence-corrected chi connectivity index (χ0v) is 7.75. The van der Waals surface area contributed by atoms with Crippen LogP contribution < -0.4 is 0 Å². The third kappa shape index (κ3) is 3.38. The van der Waals surface area contributed by atoms with Crippen LogP contribution in [0.3, 0.4) is 0 Å². The molecule has 1 aromatic carbocycles. The maximum Gasteiger partial charge on any atom is -0.0178 e. The average Bonchev–Trinajstić information content (AvgIpc) is 2.05. The molecule has 0 bridgehead atoms. The van der Waals surface area contributed by atoms with Gasteiger partial charge in [0.05, 0.1) is 0 Å². The van der Waals surface area contributed by atoms with E-state index < -0.39 is 0 Å². The van der Waals surface area contributed by atoms with Gasteiger partial charge in [-0.2, -0.15) is 0 Å². The lowest BCUT2D eigenvalue weighted by atomic mass is 10.1. The van der Waals surface area contributed by atoms with Crippen LogP contribution in [0.15, 0.2) is 30.3 Å². The van der Waals surface area contributed by atoms with E-state index in [-0.39, 0.29) is 0 Å². The summed E-state index contributed by atoms with van der Waals surface area (Å²) in [4.78, 5) is 0. The summed E-state index contributed by atoms with van der Waals surface area (Å²) in [6.45, 7) is 4.45. The number of hydrogen-bond acceptors (Lipinski definition) is 0. The summed E-state index contributed by atoms with van der Waals surface area (Å²) in [6.07, 6.45) is 5.51. The van der Waals surface area contributed by atoms with Gasteiger partial charge in [-0.3, -0.25) is 0 Å². The van der Waals surface area contributed by atoms with Crippen LogP contribution in [0.25, 0.3) is 6.08 Å². The first-order valence-electron chi connectivity index (χ1n) is 4.41. The predicted octanol–water partition coefficient (Wildman–Crippen LogP) is 3.55. The van der Waals surface area contributed by atoms with Crippen molar-refractivity contribution in [1.29, 1.82) is 0 Å². The van der Waals surface area contributed by atoms with Crippen molar-refractivity contribution in [2.45, 2.75) is 20.3 Å². The zero-order valence-electron chi connectivity index (χ0n) is 7.75. The first-order chi connectivity index (χ1) is 5.79. The molecule has 1 rings (SSSR count). The van der Waals surface area contributed by atoms with E-state index >= 15 is 0 Å². The topological polar surface area (TPSA) is 0 Å². The monoisotopic (exact) mass is 159 g/mol. The summed E-state index contributed by atoms with van der Waals surface area (Å²) in [5.41, 5.74) is 1.23.